The standard InChI is InChI=1S/C17H25FN4O3S2/c1-11-4-3-5-15(12(11)2)20-17(26)22-21-16(23)10-19-27(24,25)14-8-6-13(18)7-9-14/h6-9,11-12,15,19H,3-5,10H2,1-2H3,(H,21,23)(H2,20,22,26)/t11-,12-,15-/m1/s1. The molecule has 0 saturated heterocycles. The van der Waals surface area contributed by atoms with Gasteiger partial charge < -0.3 is 5.32 Å². The van der Waals surface area contributed by atoms with E-state index in [1.807, 2.05) is 0 Å². The van der Waals surface area contributed by atoms with E-state index in [4.69, 9.17) is 12.2 Å². The van der Waals surface area contributed by atoms with Crippen LogP contribution in [-0.2, 0) is 14.8 Å². The van der Waals surface area contributed by atoms with Crippen LogP contribution in [0, 0.1) is 17.7 Å². The summed E-state index contributed by atoms with van der Waals surface area (Å²) in [4.78, 5) is 11.7. The third-order valence-corrected chi connectivity index (χ3v) is 6.52. The molecule has 0 aliphatic heterocycles. The predicted octanol–water partition coefficient (Wildman–Crippen LogP) is 1.42. The number of sulfonamides is 1. The van der Waals surface area contributed by atoms with Crippen LogP contribution < -0.4 is 20.9 Å². The molecule has 7 nitrogen and oxygen atoms in total. The summed E-state index contributed by atoms with van der Waals surface area (Å²) in [5.74, 6) is -0.0697. The Balaban J connectivity index is 1.75. The molecule has 1 saturated carbocycles. The van der Waals surface area contributed by atoms with E-state index in [1.165, 1.54) is 6.42 Å². The van der Waals surface area contributed by atoms with E-state index in [9.17, 15) is 17.6 Å². The maximum Gasteiger partial charge on any atom is 0.253 e. The van der Waals surface area contributed by atoms with Crippen LogP contribution in [0.15, 0.2) is 29.2 Å². The lowest BCUT2D eigenvalue weighted by Crippen LogP contribution is -2.53. The maximum atomic E-state index is 12.9. The minimum Gasteiger partial charge on any atom is -0.358 e. The van der Waals surface area contributed by atoms with Gasteiger partial charge in [0, 0.05) is 6.04 Å². The highest BCUT2D eigenvalue weighted by atomic mass is 32.2. The summed E-state index contributed by atoms with van der Waals surface area (Å²) >= 11 is 5.18. The van der Waals surface area contributed by atoms with Crippen molar-refractivity contribution in [3.8, 4) is 0 Å². The smallest absolute Gasteiger partial charge is 0.253 e. The molecule has 1 fully saturated rings. The minimum absolute atomic E-state index is 0.123. The first-order chi connectivity index (χ1) is 12.7. The molecule has 1 aliphatic carbocycles. The highest BCUT2D eigenvalue weighted by Gasteiger charge is 2.27. The van der Waals surface area contributed by atoms with Crippen molar-refractivity contribution in [3.05, 3.63) is 30.1 Å². The van der Waals surface area contributed by atoms with Crippen molar-refractivity contribution < 1.29 is 17.6 Å². The number of rotatable bonds is 5. The summed E-state index contributed by atoms with van der Waals surface area (Å²) in [6.07, 6.45) is 3.34. The lowest BCUT2D eigenvalue weighted by molar-refractivity contribution is -0.120. The van der Waals surface area contributed by atoms with E-state index in [1.54, 1.807) is 0 Å². The molecule has 1 aromatic rings. The van der Waals surface area contributed by atoms with Crippen molar-refractivity contribution in [1.29, 1.82) is 0 Å². The Hall–Kier alpha value is -1.78. The lowest BCUT2D eigenvalue weighted by Gasteiger charge is -2.35. The van der Waals surface area contributed by atoms with Crippen LogP contribution in [0.4, 0.5) is 4.39 Å². The van der Waals surface area contributed by atoms with Gasteiger partial charge in [-0.25, -0.2) is 17.5 Å². The topological polar surface area (TPSA) is 99.3 Å². The molecule has 0 bridgehead atoms. The summed E-state index contributed by atoms with van der Waals surface area (Å²) in [5, 5.41) is 3.48. The largest absolute Gasteiger partial charge is 0.358 e. The highest BCUT2D eigenvalue weighted by Crippen LogP contribution is 2.29. The number of nitrogens with one attached hydrogen (secondary N) is 4. The summed E-state index contributed by atoms with van der Waals surface area (Å²) in [6, 6.07) is 4.56. The highest BCUT2D eigenvalue weighted by molar-refractivity contribution is 7.89. The Morgan fingerprint density at radius 1 is 1.19 bits per heavy atom. The first kappa shape index (κ1) is 21.5. The molecule has 150 valence electrons. The van der Waals surface area contributed by atoms with E-state index in [0.717, 1.165) is 37.1 Å². The third-order valence-electron chi connectivity index (χ3n) is 4.89. The minimum atomic E-state index is -3.90. The quantitative estimate of drug-likeness (QED) is 0.428. The van der Waals surface area contributed by atoms with Crippen LogP contribution in [-0.4, -0.2) is 32.0 Å². The second-order valence-electron chi connectivity index (χ2n) is 6.80. The molecule has 10 heteroatoms. The van der Waals surface area contributed by atoms with Crippen molar-refractivity contribution in [2.45, 2.75) is 44.0 Å². The zero-order valence-electron chi connectivity index (χ0n) is 15.3. The SMILES string of the molecule is C[C@@H]1[C@H](C)CCC[C@H]1NC(=S)NNC(=O)CNS(=O)(=O)c1ccc(F)cc1. The molecule has 0 spiro atoms. The number of carbonyl (C=O) groups excluding carboxylic acids is 1. The molecular weight excluding hydrogens is 391 g/mol. The second kappa shape index (κ2) is 9.43. The average molecular weight is 417 g/mol. The van der Waals surface area contributed by atoms with Crippen LogP contribution in [0.2, 0.25) is 0 Å². The Labute approximate surface area is 164 Å². The number of thiocarbonyl (C=S) groups is 1. The number of halogens is 1. The molecule has 0 radical (unpaired) electrons. The Kier molecular flexibility index (Phi) is 7.51. The fourth-order valence-corrected chi connectivity index (χ4v) is 4.20. The van der Waals surface area contributed by atoms with Gasteiger partial charge in [-0.05, 0) is 54.7 Å². The summed E-state index contributed by atoms with van der Waals surface area (Å²) in [7, 11) is -3.90. The molecule has 3 atom stereocenters. The monoisotopic (exact) mass is 416 g/mol. The van der Waals surface area contributed by atoms with Crippen LogP contribution in [0.3, 0.4) is 0 Å². The van der Waals surface area contributed by atoms with Gasteiger partial charge in [0.05, 0.1) is 11.4 Å². The molecular formula is C17H25FN4O3S2. The van der Waals surface area contributed by atoms with Crippen LogP contribution in [0.25, 0.3) is 0 Å². The Morgan fingerprint density at radius 2 is 1.85 bits per heavy atom. The molecule has 27 heavy (non-hydrogen) atoms. The van der Waals surface area contributed by atoms with Crippen molar-refractivity contribution >= 4 is 33.3 Å². The lowest BCUT2D eigenvalue weighted by atomic mass is 9.78. The number of hydrogen-bond acceptors (Lipinski definition) is 4. The van der Waals surface area contributed by atoms with Gasteiger partial charge in [0.2, 0.25) is 10.0 Å². The summed E-state index contributed by atoms with van der Waals surface area (Å²) < 4.78 is 39.1. The van der Waals surface area contributed by atoms with Crippen molar-refractivity contribution in [3.63, 3.8) is 0 Å². The zero-order valence-corrected chi connectivity index (χ0v) is 16.9. The number of carbonyl (C=O) groups is 1. The molecule has 1 aromatic carbocycles. The van der Waals surface area contributed by atoms with Gasteiger partial charge in [-0.1, -0.05) is 26.7 Å². The molecule has 0 heterocycles. The molecule has 1 amide bonds. The second-order valence-corrected chi connectivity index (χ2v) is 8.97. The van der Waals surface area contributed by atoms with Crippen LogP contribution in [0.1, 0.15) is 33.1 Å². The first-order valence-electron chi connectivity index (χ1n) is 8.79. The first-order valence-corrected chi connectivity index (χ1v) is 10.7. The fraction of sp³-hybridized carbons (Fsp3) is 0.529. The zero-order chi connectivity index (χ0) is 20.0. The molecule has 0 unspecified atom stereocenters. The van der Waals surface area contributed by atoms with Crippen molar-refractivity contribution in [2.75, 3.05) is 6.54 Å². The normalized spacial score (nSPS) is 22.7. The van der Waals surface area contributed by atoms with Gasteiger partial charge in [-0.15, -0.1) is 0 Å². The van der Waals surface area contributed by atoms with Gasteiger partial charge >= 0.3 is 0 Å². The van der Waals surface area contributed by atoms with Gasteiger partial charge in [0.15, 0.2) is 5.11 Å². The summed E-state index contributed by atoms with van der Waals surface area (Å²) in [6.45, 7) is 3.91. The molecule has 0 aromatic heterocycles. The average Bonchev–Trinajstić information content (AvgIpc) is 2.62. The van der Waals surface area contributed by atoms with E-state index in [0.29, 0.717) is 11.8 Å². The number of amides is 1. The van der Waals surface area contributed by atoms with Gasteiger partial charge in [0.25, 0.3) is 5.91 Å². The van der Waals surface area contributed by atoms with Crippen molar-refractivity contribution in [2.24, 2.45) is 11.8 Å². The van der Waals surface area contributed by atoms with Gasteiger partial charge in [-0.3, -0.25) is 15.6 Å². The molecule has 4 N–H and O–H groups in total. The molecule has 2 rings (SSSR count). The van der Waals surface area contributed by atoms with E-state index in [-0.39, 0.29) is 16.0 Å². The number of benzene rings is 1. The fourth-order valence-electron chi connectivity index (χ4n) is 3.02. The number of hydrazine groups is 1. The van der Waals surface area contributed by atoms with Crippen LogP contribution in [0.5, 0.6) is 0 Å². The van der Waals surface area contributed by atoms with Gasteiger partial charge in [-0.2, -0.15) is 0 Å². The Bertz CT molecular complexity index is 771. The summed E-state index contributed by atoms with van der Waals surface area (Å²) in [5.41, 5.74) is 4.94. The van der Waals surface area contributed by atoms with Gasteiger partial charge in [0.1, 0.15) is 5.82 Å². The maximum absolute atomic E-state index is 12.9. The predicted molar refractivity (Wildman–Crippen MR) is 105 cm³/mol. The van der Waals surface area contributed by atoms with E-state index >= 15 is 0 Å². The molecule has 1 aliphatic rings. The van der Waals surface area contributed by atoms with E-state index in [2.05, 4.69) is 34.7 Å². The third kappa shape index (κ3) is 6.40. The Morgan fingerprint density at radius 3 is 2.52 bits per heavy atom. The van der Waals surface area contributed by atoms with Crippen LogP contribution >= 0.6 is 12.2 Å². The van der Waals surface area contributed by atoms with E-state index < -0.39 is 28.3 Å². The van der Waals surface area contributed by atoms with Crippen molar-refractivity contribution in [1.82, 2.24) is 20.9 Å². The number of hydrogen-bond donors (Lipinski definition) is 4.